The molecule has 1 unspecified atom stereocenters. The van der Waals surface area contributed by atoms with Gasteiger partial charge in [-0.1, -0.05) is 13.3 Å². The molecule has 0 aliphatic carbocycles. The van der Waals surface area contributed by atoms with Crippen LogP contribution in [-0.4, -0.2) is 16.5 Å². The van der Waals surface area contributed by atoms with Crippen LogP contribution in [0, 0.1) is 0 Å². The minimum atomic E-state index is 0.395. The van der Waals surface area contributed by atoms with E-state index in [0.717, 1.165) is 25.2 Å². The first-order valence-corrected chi connectivity index (χ1v) is 5.45. The standard InChI is InChI=1S/C11H17N3/c1-2-4-9-6-8-13-11(14-9)10-5-3-7-12-10/h6,8,10,12H,2-5,7H2,1H3. The van der Waals surface area contributed by atoms with E-state index in [4.69, 9.17) is 0 Å². The van der Waals surface area contributed by atoms with E-state index < -0.39 is 0 Å². The summed E-state index contributed by atoms with van der Waals surface area (Å²) in [6.07, 6.45) is 6.51. The lowest BCUT2D eigenvalue weighted by molar-refractivity contribution is 0.599. The fourth-order valence-corrected chi connectivity index (χ4v) is 1.88. The van der Waals surface area contributed by atoms with Gasteiger partial charge in [-0.2, -0.15) is 0 Å². The van der Waals surface area contributed by atoms with Crippen LogP contribution in [0.25, 0.3) is 0 Å². The van der Waals surface area contributed by atoms with Crippen molar-refractivity contribution in [3.8, 4) is 0 Å². The molecule has 2 heterocycles. The highest BCUT2D eigenvalue weighted by molar-refractivity contribution is 5.06. The monoisotopic (exact) mass is 191 g/mol. The third-order valence-electron chi connectivity index (χ3n) is 2.61. The second-order valence-corrected chi connectivity index (χ2v) is 3.81. The lowest BCUT2D eigenvalue weighted by Crippen LogP contribution is -2.16. The molecule has 3 heteroatoms. The predicted molar refractivity (Wildman–Crippen MR) is 56.0 cm³/mol. The summed E-state index contributed by atoms with van der Waals surface area (Å²) in [4.78, 5) is 8.90. The van der Waals surface area contributed by atoms with Crippen LogP contribution >= 0.6 is 0 Å². The van der Waals surface area contributed by atoms with Gasteiger partial charge in [-0.3, -0.25) is 0 Å². The third kappa shape index (κ3) is 2.10. The van der Waals surface area contributed by atoms with Crippen molar-refractivity contribution in [3.05, 3.63) is 23.8 Å². The van der Waals surface area contributed by atoms with Gasteiger partial charge in [0.05, 0.1) is 6.04 Å². The van der Waals surface area contributed by atoms with Crippen molar-refractivity contribution in [2.24, 2.45) is 0 Å². The van der Waals surface area contributed by atoms with Crippen LogP contribution in [0.5, 0.6) is 0 Å². The number of aromatic nitrogens is 2. The molecule has 1 aliphatic rings. The van der Waals surface area contributed by atoms with Gasteiger partial charge >= 0.3 is 0 Å². The number of hydrogen-bond acceptors (Lipinski definition) is 3. The molecule has 14 heavy (non-hydrogen) atoms. The third-order valence-corrected chi connectivity index (χ3v) is 2.61. The average Bonchev–Trinajstić information content (AvgIpc) is 2.71. The zero-order valence-electron chi connectivity index (χ0n) is 8.66. The highest BCUT2D eigenvalue weighted by Gasteiger charge is 2.18. The van der Waals surface area contributed by atoms with Crippen LogP contribution in [0.15, 0.2) is 12.3 Å². The molecule has 0 saturated carbocycles. The molecule has 1 aliphatic heterocycles. The van der Waals surface area contributed by atoms with E-state index >= 15 is 0 Å². The van der Waals surface area contributed by atoms with E-state index in [9.17, 15) is 0 Å². The topological polar surface area (TPSA) is 37.8 Å². The first-order valence-electron chi connectivity index (χ1n) is 5.45. The van der Waals surface area contributed by atoms with Crippen LogP contribution in [-0.2, 0) is 6.42 Å². The summed E-state index contributed by atoms with van der Waals surface area (Å²) in [5.41, 5.74) is 1.17. The van der Waals surface area contributed by atoms with Gasteiger partial charge < -0.3 is 5.32 Å². The summed E-state index contributed by atoms with van der Waals surface area (Å²) in [5, 5.41) is 3.42. The van der Waals surface area contributed by atoms with E-state index in [1.54, 1.807) is 0 Å². The zero-order chi connectivity index (χ0) is 9.80. The van der Waals surface area contributed by atoms with E-state index in [1.165, 1.54) is 18.5 Å². The Labute approximate surface area is 85.0 Å². The van der Waals surface area contributed by atoms with Crippen molar-refractivity contribution >= 4 is 0 Å². The molecule has 1 atom stereocenters. The summed E-state index contributed by atoms with van der Waals surface area (Å²) in [6.45, 7) is 3.28. The second-order valence-electron chi connectivity index (χ2n) is 3.81. The molecule has 1 saturated heterocycles. The lowest BCUT2D eigenvalue weighted by Gasteiger charge is -2.09. The van der Waals surface area contributed by atoms with E-state index in [-0.39, 0.29) is 0 Å². The Hall–Kier alpha value is -0.960. The largest absolute Gasteiger partial charge is 0.307 e. The SMILES string of the molecule is CCCc1ccnc(C2CCCN2)n1. The van der Waals surface area contributed by atoms with E-state index in [0.29, 0.717) is 6.04 Å². The fourth-order valence-electron chi connectivity index (χ4n) is 1.88. The van der Waals surface area contributed by atoms with Gasteiger partial charge in [0, 0.05) is 11.9 Å². The summed E-state index contributed by atoms with van der Waals surface area (Å²) >= 11 is 0. The summed E-state index contributed by atoms with van der Waals surface area (Å²) in [7, 11) is 0. The van der Waals surface area contributed by atoms with Crippen LogP contribution in [0.4, 0.5) is 0 Å². The molecule has 2 rings (SSSR count). The number of nitrogens with zero attached hydrogens (tertiary/aromatic N) is 2. The highest BCUT2D eigenvalue weighted by atomic mass is 15.0. The zero-order valence-corrected chi connectivity index (χ0v) is 8.66. The van der Waals surface area contributed by atoms with Gasteiger partial charge in [-0.05, 0) is 31.9 Å². The number of nitrogens with one attached hydrogen (secondary N) is 1. The molecule has 0 radical (unpaired) electrons. The Morgan fingerprint density at radius 3 is 3.21 bits per heavy atom. The maximum Gasteiger partial charge on any atom is 0.145 e. The van der Waals surface area contributed by atoms with Crippen molar-refractivity contribution < 1.29 is 0 Å². The Kier molecular flexibility index (Phi) is 3.09. The van der Waals surface area contributed by atoms with E-state index in [1.807, 2.05) is 12.3 Å². The Bertz CT molecular complexity index is 292. The quantitative estimate of drug-likeness (QED) is 0.792. The molecule has 76 valence electrons. The molecule has 3 nitrogen and oxygen atoms in total. The number of aryl methyl sites for hydroxylation is 1. The molecular formula is C11H17N3. The van der Waals surface area contributed by atoms with Crippen molar-refractivity contribution in [1.82, 2.24) is 15.3 Å². The van der Waals surface area contributed by atoms with Gasteiger partial charge in [0.25, 0.3) is 0 Å². The van der Waals surface area contributed by atoms with Crippen molar-refractivity contribution in [3.63, 3.8) is 0 Å². The van der Waals surface area contributed by atoms with Crippen LogP contribution in [0.3, 0.4) is 0 Å². The second kappa shape index (κ2) is 4.51. The number of rotatable bonds is 3. The minimum absolute atomic E-state index is 0.395. The molecule has 1 N–H and O–H groups in total. The molecule has 0 aromatic carbocycles. The van der Waals surface area contributed by atoms with Gasteiger partial charge in [-0.25, -0.2) is 9.97 Å². The lowest BCUT2D eigenvalue weighted by atomic mass is 10.2. The molecule has 1 fully saturated rings. The summed E-state index contributed by atoms with van der Waals surface area (Å²) < 4.78 is 0. The minimum Gasteiger partial charge on any atom is -0.307 e. The molecule has 1 aromatic rings. The van der Waals surface area contributed by atoms with Crippen LogP contribution in [0.2, 0.25) is 0 Å². The van der Waals surface area contributed by atoms with Crippen molar-refractivity contribution in [2.75, 3.05) is 6.54 Å². The normalized spacial score (nSPS) is 21.4. The predicted octanol–water partition coefficient (Wildman–Crippen LogP) is 1.85. The first-order chi connectivity index (χ1) is 6.90. The Balaban J connectivity index is 2.12. The summed E-state index contributed by atoms with van der Waals surface area (Å²) in [6, 6.07) is 2.41. The maximum atomic E-state index is 4.57. The first kappa shape index (κ1) is 9.59. The van der Waals surface area contributed by atoms with Gasteiger partial charge in [-0.15, -0.1) is 0 Å². The van der Waals surface area contributed by atoms with Gasteiger partial charge in [0.1, 0.15) is 5.82 Å². The number of hydrogen-bond donors (Lipinski definition) is 1. The van der Waals surface area contributed by atoms with Crippen LogP contribution in [0.1, 0.15) is 43.7 Å². The molecule has 0 bridgehead atoms. The van der Waals surface area contributed by atoms with Crippen LogP contribution < -0.4 is 5.32 Å². The smallest absolute Gasteiger partial charge is 0.145 e. The molecule has 0 amide bonds. The maximum absolute atomic E-state index is 4.57. The average molecular weight is 191 g/mol. The Morgan fingerprint density at radius 1 is 1.57 bits per heavy atom. The highest BCUT2D eigenvalue weighted by Crippen LogP contribution is 2.19. The fraction of sp³-hybridized carbons (Fsp3) is 0.636. The van der Waals surface area contributed by atoms with Crippen molar-refractivity contribution in [2.45, 2.75) is 38.6 Å². The summed E-state index contributed by atoms with van der Waals surface area (Å²) in [5.74, 6) is 0.980. The van der Waals surface area contributed by atoms with E-state index in [2.05, 4.69) is 22.2 Å². The molecule has 1 aromatic heterocycles. The van der Waals surface area contributed by atoms with Gasteiger partial charge in [0.2, 0.25) is 0 Å². The van der Waals surface area contributed by atoms with Gasteiger partial charge in [0.15, 0.2) is 0 Å². The Morgan fingerprint density at radius 2 is 2.50 bits per heavy atom. The molecule has 0 spiro atoms. The van der Waals surface area contributed by atoms with Crippen molar-refractivity contribution in [1.29, 1.82) is 0 Å². The molecular weight excluding hydrogens is 174 g/mol.